The Balaban J connectivity index is 3.15. The molecule has 30 heavy (non-hydrogen) atoms. The molecule has 0 spiro atoms. The van der Waals surface area contributed by atoms with Crippen LogP contribution >= 0.6 is 0 Å². The van der Waals surface area contributed by atoms with Crippen LogP contribution in [0.2, 0.25) is 0 Å². The Bertz CT molecular complexity index is 743. The third kappa shape index (κ3) is 3.05. The monoisotopic (exact) mass is 414 g/mol. The molecule has 1 aromatic carbocycles. The molecule has 1 aliphatic rings. The van der Waals surface area contributed by atoms with Gasteiger partial charge < -0.3 is 10.2 Å². The van der Waals surface area contributed by atoms with E-state index in [4.69, 9.17) is 0 Å². The first-order valence-electron chi connectivity index (χ1n) is 11.4. The van der Waals surface area contributed by atoms with Crippen molar-refractivity contribution in [1.82, 2.24) is 0 Å². The van der Waals surface area contributed by atoms with E-state index in [1.807, 2.05) is 18.2 Å². The molecule has 0 aromatic heterocycles. The fourth-order valence-electron chi connectivity index (χ4n) is 7.83. The van der Waals surface area contributed by atoms with Gasteiger partial charge in [0, 0.05) is 11.3 Å². The molecule has 2 rings (SSSR count). The standard InChI is InChI=1S/C28H46O2/c1-22(2,3)26(23(4,5)6)19-18-21(20-16-14-13-15-17-20)27(24(7,8)9,25(10,11)12)28(26,29)30/h13-19,21,29-30H,1-12H3. The number of benzene rings is 1. The van der Waals surface area contributed by atoms with Crippen LogP contribution in [-0.4, -0.2) is 16.0 Å². The Morgan fingerprint density at radius 2 is 1.03 bits per heavy atom. The second-order valence-corrected chi connectivity index (χ2v) is 13.5. The van der Waals surface area contributed by atoms with Crippen molar-refractivity contribution in [3.8, 4) is 0 Å². The smallest absolute Gasteiger partial charge is 0.180 e. The van der Waals surface area contributed by atoms with Gasteiger partial charge in [-0.2, -0.15) is 0 Å². The molecule has 2 N–H and O–H groups in total. The van der Waals surface area contributed by atoms with E-state index < -0.39 is 27.4 Å². The first-order valence-corrected chi connectivity index (χ1v) is 11.4. The lowest BCUT2D eigenvalue weighted by Crippen LogP contribution is -2.76. The van der Waals surface area contributed by atoms with Gasteiger partial charge in [-0.3, -0.25) is 0 Å². The summed E-state index contributed by atoms with van der Waals surface area (Å²) < 4.78 is 0. The van der Waals surface area contributed by atoms with Gasteiger partial charge in [-0.25, -0.2) is 0 Å². The summed E-state index contributed by atoms with van der Waals surface area (Å²) in [6.45, 7) is 25.9. The van der Waals surface area contributed by atoms with Crippen LogP contribution in [0, 0.1) is 32.5 Å². The van der Waals surface area contributed by atoms with Gasteiger partial charge in [0.2, 0.25) is 0 Å². The first kappa shape index (κ1) is 25.1. The minimum absolute atomic E-state index is 0.133. The Labute approximate surface area is 185 Å². The maximum absolute atomic E-state index is 12.7. The van der Waals surface area contributed by atoms with Gasteiger partial charge >= 0.3 is 0 Å². The summed E-state index contributed by atoms with van der Waals surface area (Å²) in [6, 6.07) is 10.4. The van der Waals surface area contributed by atoms with E-state index in [0.717, 1.165) is 5.56 Å². The van der Waals surface area contributed by atoms with Gasteiger partial charge in [0.25, 0.3) is 0 Å². The molecule has 0 radical (unpaired) electrons. The highest BCUT2D eigenvalue weighted by molar-refractivity contribution is 5.39. The van der Waals surface area contributed by atoms with Gasteiger partial charge in [0.15, 0.2) is 5.79 Å². The normalized spacial score (nSPS) is 24.0. The second-order valence-electron chi connectivity index (χ2n) is 13.5. The van der Waals surface area contributed by atoms with Crippen LogP contribution in [-0.2, 0) is 0 Å². The number of rotatable bonds is 1. The van der Waals surface area contributed by atoms with Gasteiger partial charge in [0.1, 0.15) is 0 Å². The van der Waals surface area contributed by atoms with E-state index in [9.17, 15) is 10.2 Å². The number of aliphatic hydroxyl groups is 2. The lowest BCUT2D eigenvalue weighted by Gasteiger charge is -2.72. The van der Waals surface area contributed by atoms with Crippen LogP contribution in [0.3, 0.4) is 0 Å². The summed E-state index contributed by atoms with van der Waals surface area (Å²) >= 11 is 0. The van der Waals surface area contributed by atoms with Gasteiger partial charge in [-0.1, -0.05) is 126 Å². The van der Waals surface area contributed by atoms with Crippen molar-refractivity contribution in [3.05, 3.63) is 48.0 Å². The third-order valence-electron chi connectivity index (χ3n) is 8.00. The zero-order chi connectivity index (χ0) is 23.6. The maximum atomic E-state index is 12.7. The highest BCUT2D eigenvalue weighted by Gasteiger charge is 2.77. The van der Waals surface area contributed by atoms with E-state index in [1.54, 1.807) is 0 Å². The molecule has 0 bridgehead atoms. The second kappa shape index (κ2) is 6.94. The third-order valence-corrected chi connectivity index (χ3v) is 8.00. The van der Waals surface area contributed by atoms with Crippen molar-refractivity contribution in [1.29, 1.82) is 0 Å². The minimum atomic E-state index is -1.97. The molecule has 2 heteroatoms. The van der Waals surface area contributed by atoms with Crippen LogP contribution in [0.25, 0.3) is 0 Å². The van der Waals surface area contributed by atoms with Crippen LogP contribution in [0.5, 0.6) is 0 Å². The molecule has 0 heterocycles. The van der Waals surface area contributed by atoms with E-state index in [-0.39, 0.29) is 16.7 Å². The van der Waals surface area contributed by atoms with E-state index in [1.165, 1.54) is 0 Å². The van der Waals surface area contributed by atoms with E-state index >= 15 is 0 Å². The average molecular weight is 415 g/mol. The Kier molecular flexibility index (Phi) is 5.82. The molecule has 0 saturated heterocycles. The molecule has 0 aliphatic heterocycles. The molecular formula is C28H46O2. The van der Waals surface area contributed by atoms with Crippen LogP contribution in [0.1, 0.15) is 94.6 Å². The number of hydrogen-bond acceptors (Lipinski definition) is 2. The van der Waals surface area contributed by atoms with Gasteiger partial charge in [-0.15, -0.1) is 0 Å². The molecule has 0 amide bonds. The lowest BCUT2D eigenvalue weighted by molar-refractivity contribution is -0.392. The summed E-state index contributed by atoms with van der Waals surface area (Å²) in [7, 11) is 0. The summed E-state index contributed by atoms with van der Waals surface area (Å²) in [5.41, 5.74) is -2.16. The minimum Gasteiger partial charge on any atom is -0.364 e. The van der Waals surface area contributed by atoms with Gasteiger partial charge in [-0.05, 0) is 27.2 Å². The van der Waals surface area contributed by atoms with Crippen LogP contribution in [0.15, 0.2) is 42.5 Å². The lowest BCUT2D eigenvalue weighted by atomic mass is 9.34. The molecule has 1 aromatic rings. The molecule has 1 unspecified atom stereocenters. The summed E-state index contributed by atoms with van der Waals surface area (Å²) in [5.74, 6) is -2.10. The summed E-state index contributed by atoms with van der Waals surface area (Å²) in [4.78, 5) is 0. The fraction of sp³-hybridized carbons (Fsp3) is 0.714. The quantitative estimate of drug-likeness (QED) is 0.377. The Morgan fingerprint density at radius 3 is 1.37 bits per heavy atom. The molecule has 0 saturated carbocycles. The van der Waals surface area contributed by atoms with E-state index in [2.05, 4.69) is 107 Å². The van der Waals surface area contributed by atoms with Crippen molar-refractivity contribution in [3.63, 3.8) is 0 Å². The summed E-state index contributed by atoms with van der Waals surface area (Å²) in [6.07, 6.45) is 4.42. The number of hydrogen-bond donors (Lipinski definition) is 2. The predicted molar refractivity (Wildman–Crippen MR) is 128 cm³/mol. The summed E-state index contributed by atoms with van der Waals surface area (Å²) in [5, 5.41) is 25.3. The maximum Gasteiger partial charge on any atom is 0.180 e. The van der Waals surface area contributed by atoms with Crippen molar-refractivity contribution < 1.29 is 10.2 Å². The molecule has 1 aliphatic carbocycles. The zero-order valence-electron chi connectivity index (χ0n) is 21.5. The average Bonchev–Trinajstić information content (AvgIpc) is 2.49. The molecule has 2 nitrogen and oxygen atoms in total. The molecule has 0 fully saturated rings. The topological polar surface area (TPSA) is 40.5 Å². The Hall–Kier alpha value is -1.12. The highest BCUT2D eigenvalue weighted by atomic mass is 16.5. The van der Waals surface area contributed by atoms with Crippen LogP contribution in [0.4, 0.5) is 0 Å². The number of allylic oxidation sites excluding steroid dienone is 1. The highest BCUT2D eigenvalue weighted by Crippen LogP contribution is 2.75. The Morgan fingerprint density at radius 1 is 0.633 bits per heavy atom. The van der Waals surface area contributed by atoms with Crippen LogP contribution < -0.4 is 0 Å². The van der Waals surface area contributed by atoms with Crippen molar-refractivity contribution in [2.75, 3.05) is 0 Å². The van der Waals surface area contributed by atoms with E-state index in [0.29, 0.717) is 0 Å². The molecule has 1 atom stereocenters. The first-order chi connectivity index (χ1) is 13.2. The predicted octanol–water partition coefficient (Wildman–Crippen LogP) is 7.18. The molecule has 170 valence electrons. The fourth-order valence-corrected chi connectivity index (χ4v) is 7.83. The largest absolute Gasteiger partial charge is 0.364 e. The van der Waals surface area contributed by atoms with Gasteiger partial charge in [0.05, 0.1) is 5.41 Å². The SMILES string of the molecule is CC(C)(C)C1(C(C)(C)C)C=CC(c2ccccc2)C(C(C)(C)C)(C(C)(C)C)C1(O)O. The molecular weight excluding hydrogens is 368 g/mol. The van der Waals surface area contributed by atoms with Crippen molar-refractivity contribution >= 4 is 0 Å². The van der Waals surface area contributed by atoms with Crippen molar-refractivity contribution in [2.24, 2.45) is 32.5 Å². The van der Waals surface area contributed by atoms with Crippen molar-refractivity contribution in [2.45, 2.75) is 94.8 Å². The zero-order valence-corrected chi connectivity index (χ0v) is 21.5.